The number of methoxy groups -OCH3 is 1. The van der Waals surface area contributed by atoms with Crippen LogP contribution < -0.4 is 0 Å². The third-order valence-electron chi connectivity index (χ3n) is 3.44. The predicted molar refractivity (Wildman–Crippen MR) is 95.2 cm³/mol. The molecule has 0 bridgehead atoms. The first-order chi connectivity index (χ1) is 11.7. The van der Waals surface area contributed by atoms with Crippen molar-refractivity contribution in [1.29, 1.82) is 5.41 Å². The van der Waals surface area contributed by atoms with E-state index in [1.54, 1.807) is 26.8 Å². The standard InChI is InChI=1S/C19H22N2O4/c1-19(2,3)25-18(23)21-12-14(15(16(21)20)17(22)24-4)11-10-13-8-6-5-7-9-13/h5-11,20H,12H2,1-4H3/b11-10+,20-16?. The first-order valence-electron chi connectivity index (χ1n) is 7.87. The molecule has 0 radical (unpaired) electrons. The molecule has 1 heterocycles. The topological polar surface area (TPSA) is 79.7 Å². The highest BCUT2D eigenvalue weighted by Crippen LogP contribution is 2.24. The van der Waals surface area contributed by atoms with E-state index in [0.717, 1.165) is 10.5 Å². The number of carbonyl (C=O) groups excluding carboxylic acids is 2. The van der Waals surface area contributed by atoms with Crippen LogP contribution in [0.4, 0.5) is 4.79 Å². The molecule has 0 spiro atoms. The van der Waals surface area contributed by atoms with Crippen LogP contribution in [-0.2, 0) is 14.3 Å². The van der Waals surface area contributed by atoms with E-state index >= 15 is 0 Å². The second kappa shape index (κ2) is 7.34. The number of nitrogens with zero attached hydrogens (tertiary/aromatic N) is 1. The highest BCUT2D eigenvalue weighted by atomic mass is 16.6. The molecule has 2 rings (SSSR count). The first-order valence-corrected chi connectivity index (χ1v) is 7.87. The molecule has 1 aromatic rings. The van der Waals surface area contributed by atoms with Crippen molar-refractivity contribution in [3.8, 4) is 0 Å². The molecule has 0 aliphatic carbocycles. The van der Waals surface area contributed by atoms with Gasteiger partial charge < -0.3 is 9.47 Å². The van der Waals surface area contributed by atoms with E-state index in [0.29, 0.717) is 5.57 Å². The van der Waals surface area contributed by atoms with Crippen molar-refractivity contribution in [3.05, 3.63) is 53.1 Å². The zero-order valence-electron chi connectivity index (χ0n) is 14.8. The summed E-state index contributed by atoms with van der Waals surface area (Å²) in [5, 5.41) is 8.18. The number of hydrogen-bond acceptors (Lipinski definition) is 5. The van der Waals surface area contributed by atoms with E-state index in [1.165, 1.54) is 7.11 Å². The van der Waals surface area contributed by atoms with Crippen LogP contribution in [0.15, 0.2) is 47.6 Å². The number of carbonyl (C=O) groups is 2. The lowest BCUT2D eigenvalue weighted by Gasteiger charge is -2.24. The van der Waals surface area contributed by atoms with Crippen LogP contribution >= 0.6 is 0 Å². The summed E-state index contributed by atoms with van der Waals surface area (Å²) in [5.74, 6) is -0.863. The third-order valence-corrected chi connectivity index (χ3v) is 3.44. The average Bonchev–Trinajstić information content (AvgIpc) is 2.88. The Morgan fingerprint density at radius 2 is 1.80 bits per heavy atom. The molecule has 6 nitrogen and oxygen atoms in total. The number of esters is 1. The molecule has 1 N–H and O–H groups in total. The second-order valence-corrected chi connectivity index (χ2v) is 6.55. The number of amidine groups is 1. The van der Waals surface area contributed by atoms with Gasteiger partial charge in [-0.3, -0.25) is 10.3 Å². The van der Waals surface area contributed by atoms with Gasteiger partial charge in [-0.05, 0) is 31.9 Å². The summed E-state index contributed by atoms with van der Waals surface area (Å²) in [6, 6.07) is 9.55. The normalized spacial score (nSPS) is 15.0. The summed E-state index contributed by atoms with van der Waals surface area (Å²) in [6.07, 6.45) is 2.88. The van der Waals surface area contributed by atoms with Gasteiger partial charge in [-0.2, -0.15) is 0 Å². The Kier molecular flexibility index (Phi) is 5.41. The van der Waals surface area contributed by atoms with Crippen LogP contribution in [0, 0.1) is 5.41 Å². The minimum Gasteiger partial charge on any atom is -0.465 e. The van der Waals surface area contributed by atoms with Crippen molar-refractivity contribution < 1.29 is 19.1 Å². The Morgan fingerprint density at radius 3 is 2.36 bits per heavy atom. The molecular weight excluding hydrogens is 320 g/mol. The van der Waals surface area contributed by atoms with Crippen molar-refractivity contribution >= 4 is 24.0 Å². The van der Waals surface area contributed by atoms with E-state index in [-0.39, 0.29) is 18.0 Å². The van der Waals surface area contributed by atoms with Gasteiger partial charge in [0, 0.05) is 0 Å². The lowest BCUT2D eigenvalue weighted by atomic mass is 10.1. The summed E-state index contributed by atoms with van der Waals surface area (Å²) >= 11 is 0. The summed E-state index contributed by atoms with van der Waals surface area (Å²) < 4.78 is 10.1. The van der Waals surface area contributed by atoms with E-state index < -0.39 is 17.7 Å². The van der Waals surface area contributed by atoms with E-state index in [1.807, 2.05) is 36.4 Å². The molecule has 132 valence electrons. The van der Waals surface area contributed by atoms with E-state index in [2.05, 4.69) is 0 Å². The molecule has 0 fully saturated rings. The zero-order valence-corrected chi connectivity index (χ0v) is 14.8. The monoisotopic (exact) mass is 342 g/mol. The molecule has 1 amide bonds. The van der Waals surface area contributed by atoms with Gasteiger partial charge in [-0.15, -0.1) is 0 Å². The summed E-state index contributed by atoms with van der Waals surface area (Å²) in [4.78, 5) is 25.5. The molecule has 6 heteroatoms. The number of rotatable bonds is 3. The molecular formula is C19H22N2O4. The highest BCUT2D eigenvalue weighted by molar-refractivity contribution is 6.23. The second-order valence-electron chi connectivity index (χ2n) is 6.55. The average molecular weight is 342 g/mol. The maximum Gasteiger partial charge on any atom is 0.416 e. The molecule has 0 unspecified atom stereocenters. The van der Waals surface area contributed by atoms with E-state index in [4.69, 9.17) is 14.9 Å². The number of amides is 1. The molecule has 0 aromatic heterocycles. The Hall–Kier alpha value is -2.89. The number of benzene rings is 1. The fourth-order valence-electron chi connectivity index (χ4n) is 2.32. The molecule has 1 aliphatic rings. The van der Waals surface area contributed by atoms with Gasteiger partial charge in [0.2, 0.25) is 0 Å². The van der Waals surface area contributed by atoms with Crippen LogP contribution in [0.25, 0.3) is 6.08 Å². The minimum atomic E-state index is -0.689. The Labute approximate surface area is 147 Å². The maximum atomic E-state index is 12.3. The van der Waals surface area contributed by atoms with Crippen LogP contribution in [0.1, 0.15) is 26.3 Å². The Morgan fingerprint density at radius 1 is 1.16 bits per heavy atom. The lowest BCUT2D eigenvalue weighted by molar-refractivity contribution is -0.135. The molecule has 0 saturated heterocycles. The third kappa shape index (κ3) is 4.56. The van der Waals surface area contributed by atoms with Gasteiger partial charge in [0.1, 0.15) is 17.0 Å². The van der Waals surface area contributed by atoms with Crippen molar-refractivity contribution in [2.75, 3.05) is 13.7 Å². The van der Waals surface area contributed by atoms with Crippen molar-refractivity contribution in [3.63, 3.8) is 0 Å². The molecule has 1 aromatic carbocycles. The Balaban J connectivity index is 2.29. The van der Waals surface area contributed by atoms with Gasteiger partial charge in [0.25, 0.3) is 0 Å². The van der Waals surface area contributed by atoms with Gasteiger partial charge in [-0.25, -0.2) is 9.59 Å². The van der Waals surface area contributed by atoms with Crippen LogP contribution in [0.5, 0.6) is 0 Å². The largest absolute Gasteiger partial charge is 0.465 e. The first kappa shape index (κ1) is 18.4. The molecule has 0 saturated carbocycles. The van der Waals surface area contributed by atoms with Crippen molar-refractivity contribution in [2.24, 2.45) is 0 Å². The van der Waals surface area contributed by atoms with Gasteiger partial charge in [0.15, 0.2) is 0 Å². The number of ether oxygens (including phenoxy) is 2. The SMILES string of the molecule is COC(=O)C1=C(/C=C/c2ccccc2)CN(C(=O)OC(C)(C)C)C1=N. The number of hydrogen-bond donors (Lipinski definition) is 1. The molecule has 25 heavy (non-hydrogen) atoms. The number of nitrogens with one attached hydrogen (secondary N) is 1. The zero-order chi connectivity index (χ0) is 18.6. The minimum absolute atomic E-state index is 0.0699. The summed E-state index contributed by atoms with van der Waals surface area (Å²) in [7, 11) is 1.25. The van der Waals surface area contributed by atoms with Crippen molar-refractivity contribution in [2.45, 2.75) is 26.4 Å². The summed E-state index contributed by atoms with van der Waals surface area (Å²) in [5.41, 5.74) is 0.861. The predicted octanol–water partition coefficient (Wildman–Crippen LogP) is 3.40. The van der Waals surface area contributed by atoms with Crippen LogP contribution in [-0.4, -0.2) is 42.1 Å². The summed E-state index contributed by atoms with van der Waals surface area (Å²) in [6.45, 7) is 5.32. The maximum absolute atomic E-state index is 12.3. The van der Waals surface area contributed by atoms with Crippen molar-refractivity contribution in [1.82, 2.24) is 4.90 Å². The van der Waals surface area contributed by atoms with Gasteiger partial charge in [0.05, 0.1) is 13.7 Å². The fraction of sp³-hybridized carbons (Fsp3) is 0.316. The molecule has 0 atom stereocenters. The van der Waals surface area contributed by atoms with E-state index in [9.17, 15) is 9.59 Å². The van der Waals surface area contributed by atoms with Crippen LogP contribution in [0.3, 0.4) is 0 Å². The lowest BCUT2D eigenvalue weighted by Crippen LogP contribution is -2.39. The quantitative estimate of drug-likeness (QED) is 0.854. The van der Waals surface area contributed by atoms with Gasteiger partial charge in [-0.1, -0.05) is 42.5 Å². The Bertz CT molecular complexity index is 742. The smallest absolute Gasteiger partial charge is 0.416 e. The highest BCUT2D eigenvalue weighted by Gasteiger charge is 2.37. The van der Waals surface area contributed by atoms with Crippen LogP contribution in [0.2, 0.25) is 0 Å². The molecule has 1 aliphatic heterocycles. The fourth-order valence-corrected chi connectivity index (χ4v) is 2.32. The van der Waals surface area contributed by atoms with Gasteiger partial charge >= 0.3 is 12.1 Å².